The van der Waals surface area contributed by atoms with E-state index in [1.54, 1.807) is 0 Å². The molecule has 0 bridgehead atoms. The minimum absolute atomic E-state index is 0.196. The first-order valence-electron chi connectivity index (χ1n) is 4.53. The number of aromatic nitrogens is 1. The molecule has 0 aliphatic rings. The van der Waals surface area contributed by atoms with Crippen LogP contribution in [0.2, 0.25) is 5.02 Å². The number of aliphatic hydroxyl groups excluding tert-OH is 1. The van der Waals surface area contributed by atoms with Crippen LogP contribution in [0.3, 0.4) is 0 Å². The molecule has 0 aliphatic heterocycles. The summed E-state index contributed by atoms with van der Waals surface area (Å²) < 4.78 is 9.41. The van der Waals surface area contributed by atoms with E-state index in [1.165, 1.54) is 26.5 Å². The fraction of sp³-hybridized carbons (Fsp3) is 0.400. The molecule has 1 N–H and O–H groups in total. The topological polar surface area (TPSA) is 68.7 Å². The second-order valence-electron chi connectivity index (χ2n) is 3.01. The fourth-order valence-electron chi connectivity index (χ4n) is 1.24. The van der Waals surface area contributed by atoms with Crippen molar-refractivity contribution in [3.05, 3.63) is 22.8 Å². The van der Waals surface area contributed by atoms with Crippen molar-refractivity contribution in [1.82, 2.24) is 4.98 Å². The van der Waals surface area contributed by atoms with Crippen molar-refractivity contribution in [2.24, 2.45) is 0 Å². The lowest BCUT2D eigenvalue weighted by Crippen LogP contribution is -2.10. The maximum atomic E-state index is 11.0. The molecule has 16 heavy (non-hydrogen) atoms. The molecule has 0 aliphatic carbocycles. The Balaban J connectivity index is 2.97. The van der Waals surface area contributed by atoms with Gasteiger partial charge >= 0.3 is 5.97 Å². The Morgan fingerprint density at radius 1 is 1.62 bits per heavy atom. The standard InChI is InChI=1S/C10H12ClNO4/c1-15-8(14)5-7(13)9-6(11)3-4-12-10(9)16-2/h3-4,7,13H,5H2,1-2H3/t7-/m0/s1. The molecule has 0 saturated heterocycles. The summed E-state index contributed by atoms with van der Waals surface area (Å²) in [4.78, 5) is 14.9. The van der Waals surface area contributed by atoms with E-state index in [4.69, 9.17) is 16.3 Å². The average molecular weight is 246 g/mol. The van der Waals surface area contributed by atoms with Gasteiger partial charge in [0.15, 0.2) is 0 Å². The molecule has 0 aromatic carbocycles. The number of hydrogen-bond acceptors (Lipinski definition) is 5. The van der Waals surface area contributed by atoms with E-state index in [0.717, 1.165) is 0 Å². The molecule has 5 nitrogen and oxygen atoms in total. The van der Waals surface area contributed by atoms with E-state index in [0.29, 0.717) is 5.02 Å². The molecule has 1 aromatic heterocycles. The first-order valence-corrected chi connectivity index (χ1v) is 4.91. The van der Waals surface area contributed by atoms with E-state index in [2.05, 4.69) is 9.72 Å². The second-order valence-corrected chi connectivity index (χ2v) is 3.42. The number of halogens is 1. The van der Waals surface area contributed by atoms with Crippen LogP contribution in [-0.2, 0) is 9.53 Å². The first kappa shape index (κ1) is 12.7. The highest BCUT2D eigenvalue weighted by atomic mass is 35.5. The number of pyridine rings is 1. The molecule has 0 spiro atoms. The summed E-state index contributed by atoms with van der Waals surface area (Å²) in [6, 6.07) is 1.51. The molecule has 0 saturated carbocycles. The lowest BCUT2D eigenvalue weighted by atomic mass is 10.1. The number of hydrogen-bond donors (Lipinski definition) is 1. The van der Waals surface area contributed by atoms with Gasteiger partial charge in [0, 0.05) is 6.20 Å². The van der Waals surface area contributed by atoms with Crippen molar-refractivity contribution in [3.8, 4) is 5.88 Å². The SMILES string of the molecule is COC(=O)C[C@H](O)c1c(Cl)ccnc1OC. The quantitative estimate of drug-likeness (QED) is 0.811. The third kappa shape index (κ3) is 2.84. The molecule has 1 heterocycles. The van der Waals surface area contributed by atoms with Gasteiger partial charge in [0.1, 0.15) is 0 Å². The highest BCUT2D eigenvalue weighted by molar-refractivity contribution is 6.31. The Hall–Kier alpha value is -1.33. The molecule has 88 valence electrons. The van der Waals surface area contributed by atoms with Gasteiger partial charge in [-0.3, -0.25) is 4.79 Å². The van der Waals surface area contributed by atoms with E-state index in [-0.39, 0.29) is 17.9 Å². The molecule has 0 radical (unpaired) electrons. The van der Waals surface area contributed by atoms with Crippen molar-refractivity contribution in [2.45, 2.75) is 12.5 Å². The van der Waals surface area contributed by atoms with E-state index < -0.39 is 12.1 Å². The number of esters is 1. The van der Waals surface area contributed by atoms with Gasteiger partial charge in [-0.05, 0) is 6.07 Å². The van der Waals surface area contributed by atoms with Crippen LogP contribution in [0.5, 0.6) is 5.88 Å². The van der Waals surface area contributed by atoms with Crippen LogP contribution < -0.4 is 4.74 Å². The van der Waals surface area contributed by atoms with Crippen molar-refractivity contribution < 1.29 is 19.4 Å². The van der Waals surface area contributed by atoms with Gasteiger partial charge in [-0.15, -0.1) is 0 Å². The summed E-state index contributed by atoms with van der Waals surface area (Å²) in [6.45, 7) is 0. The largest absolute Gasteiger partial charge is 0.481 e. The number of methoxy groups -OCH3 is 2. The zero-order chi connectivity index (χ0) is 12.1. The normalized spacial score (nSPS) is 12.0. The van der Waals surface area contributed by atoms with Crippen molar-refractivity contribution in [2.75, 3.05) is 14.2 Å². The zero-order valence-electron chi connectivity index (χ0n) is 8.94. The number of carbonyl (C=O) groups excluding carboxylic acids is 1. The van der Waals surface area contributed by atoms with Crippen LogP contribution in [0.25, 0.3) is 0 Å². The summed E-state index contributed by atoms with van der Waals surface area (Å²) in [7, 11) is 2.66. The minimum atomic E-state index is -1.09. The third-order valence-electron chi connectivity index (χ3n) is 2.01. The predicted molar refractivity (Wildman–Crippen MR) is 57.4 cm³/mol. The molecule has 1 rings (SSSR count). The van der Waals surface area contributed by atoms with Gasteiger partial charge in [-0.1, -0.05) is 11.6 Å². The van der Waals surface area contributed by atoms with Crippen LogP contribution in [0.1, 0.15) is 18.1 Å². The van der Waals surface area contributed by atoms with Crippen molar-refractivity contribution in [3.63, 3.8) is 0 Å². The van der Waals surface area contributed by atoms with Gasteiger partial charge < -0.3 is 14.6 Å². The Kier molecular flexibility index (Phi) is 4.52. The van der Waals surface area contributed by atoms with Crippen LogP contribution in [0.15, 0.2) is 12.3 Å². The Bertz CT molecular complexity index is 383. The van der Waals surface area contributed by atoms with Gasteiger partial charge in [-0.2, -0.15) is 0 Å². The lowest BCUT2D eigenvalue weighted by Gasteiger charge is -2.14. The van der Waals surface area contributed by atoms with Crippen molar-refractivity contribution >= 4 is 17.6 Å². The summed E-state index contributed by atoms with van der Waals surface area (Å²) in [5, 5.41) is 10.1. The van der Waals surface area contributed by atoms with Crippen LogP contribution in [0.4, 0.5) is 0 Å². The van der Waals surface area contributed by atoms with E-state index in [9.17, 15) is 9.90 Å². The van der Waals surface area contributed by atoms with E-state index in [1.807, 2.05) is 0 Å². The van der Waals surface area contributed by atoms with Crippen LogP contribution in [0, 0.1) is 0 Å². The van der Waals surface area contributed by atoms with E-state index >= 15 is 0 Å². The number of ether oxygens (including phenoxy) is 2. The number of nitrogens with zero attached hydrogens (tertiary/aromatic N) is 1. The molecule has 6 heteroatoms. The fourth-order valence-corrected chi connectivity index (χ4v) is 1.50. The summed E-state index contributed by atoms with van der Waals surface area (Å²) >= 11 is 5.90. The maximum absolute atomic E-state index is 11.0. The van der Waals surface area contributed by atoms with Crippen molar-refractivity contribution in [1.29, 1.82) is 0 Å². The van der Waals surface area contributed by atoms with Gasteiger partial charge in [0.25, 0.3) is 0 Å². The summed E-state index contributed by atoms with van der Waals surface area (Å²) in [5.41, 5.74) is 0.289. The monoisotopic (exact) mass is 245 g/mol. The third-order valence-corrected chi connectivity index (χ3v) is 2.34. The number of rotatable bonds is 4. The average Bonchev–Trinajstić information content (AvgIpc) is 2.28. The smallest absolute Gasteiger partial charge is 0.308 e. The summed E-state index contributed by atoms with van der Waals surface area (Å²) in [6.07, 6.45) is 0.164. The molecule has 1 atom stereocenters. The lowest BCUT2D eigenvalue weighted by molar-refractivity contribution is -0.142. The second kappa shape index (κ2) is 5.67. The molecular weight excluding hydrogens is 234 g/mol. The molecule has 1 aromatic rings. The Labute approximate surface area is 98.0 Å². The zero-order valence-corrected chi connectivity index (χ0v) is 9.69. The molecular formula is C10H12ClNO4. The maximum Gasteiger partial charge on any atom is 0.308 e. The number of aliphatic hydroxyl groups is 1. The Morgan fingerprint density at radius 3 is 2.88 bits per heavy atom. The van der Waals surface area contributed by atoms with Gasteiger partial charge in [-0.25, -0.2) is 4.98 Å². The van der Waals surface area contributed by atoms with Crippen LogP contribution in [-0.4, -0.2) is 30.3 Å². The Morgan fingerprint density at radius 2 is 2.31 bits per heavy atom. The predicted octanol–water partition coefficient (Wildman–Crippen LogP) is 1.34. The van der Waals surface area contributed by atoms with Gasteiger partial charge in [0.2, 0.25) is 5.88 Å². The molecule has 0 amide bonds. The summed E-state index contributed by atoms with van der Waals surface area (Å²) in [5.74, 6) is -0.335. The number of carbonyl (C=O) groups is 1. The highest BCUT2D eigenvalue weighted by Crippen LogP contribution is 2.31. The molecule has 0 unspecified atom stereocenters. The van der Waals surface area contributed by atoms with Gasteiger partial charge in [0.05, 0.1) is 37.3 Å². The highest BCUT2D eigenvalue weighted by Gasteiger charge is 2.21. The first-order chi connectivity index (χ1) is 7.60. The van der Waals surface area contributed by atoms with Crippen LogP contribution >= 0.6 is 11.6 Å². The minimum Gasteiger partial charge on any atom is -0.481 e. The molecule has 0 fully saturated rings.